The fourth-order valence-electron chi connectivity index (χ4n) is 4.89. The second-order valence-corrected chi connectivity index (χ2v) is 9.55. The van der Waals surface area contributed by atoms with Gasteiger partial charge in [0.15, 0.2) is 0 Å². The predicted molar refractivity (Wildman–Crippen MR) is 127 cm³/mol. The van der Waals surface area contributed by atoms with Gasteiger partial charge < -0.3 is 25.3 Å². The molecule has 3 aliphatic rings. The van der Waals surface area contributed by atoms with Crippen LogP contribution in [0.25, 0.3) is 0 Å². The molecule has 0 aromatic heterocycles. The third-order valence-corrected chi connectivity index (χ3v) is 7.13. The van der Waals surface area contributed by atoms with E-state index in [1.807, 2.05) is 4.90 Å². The lowest BCUT2D eigenvalue weighted by Gasteiger charge is -2.28. The number of benzene rings is 1. The van der Waals surface area contributed by atoms with Crippen LogP contribution in [0.2, 0.25) is 0 Å². The van der Waals surface area contributed by atoms with Crippen molar-refractivity contribution in [1.29, 1.82) is 0 Å². The molecule has 174 valence electrons. The summed E-state index contributed by atoms with van der Waals surface area (Å²) in [6.45, 7) is 6.03. The molecule has 2 heterocycles. The van der Waals surface area contributed by atoms with Gasteiger partial charge in [-0.15, -0.1) is 11.6 Å². The van der Waals surface area contributed by atoms with E-state index < -0.39 is 11.5 Å². The molecule has 1 amide bonds. The van der Waals surface area contributed by atoms with E-state index in [9.17, 15) is 15.0 Å². The molecule has 3 N–H and O–H groups in total. The molecule has 2 saturated heterocycles. The number of rotatable bonds is 7. The van der Waals surface area contributed by atoms with E-state index >= 15 is 0 Å². The lowest BCUT2D eigenvalue weighted by atomic mass is 9.99. The first kappa shape index (κ1) is 23.3. The Morgan fingerprint density at radius 1 is 1.06 bits per heavy atom. The Bertz CT molecular complexity index is 848. The minimum Gasteiger partial charge on any atom is -0.507 e. The van der Waals surface area contributed by atoms with Crippen molar-refractivity contribution in [3.8, 4) is 0 Å². The number of hydrogen-bond donors (Lipinski definition) is 3. The van der Waals surface area contributed by atoms with E-state index in [2.05, 4.69) is 34.5 Å². The van der Waals surface area contributed by atoms with Gasteiger partial charge in [-0.3, -0.25) is 4.79 Å². The number of hydrogen-bond acceptors (Lipinski definition) is 5. The highest BCUT2D eigenvalue weighted by molar-refractivity contribution is 6.23. The minimum absolute atomic E-state index is 0.0158. The number of carbonyl (C=O) groups excluding carboxylic acids is 1. The number of nitrogens with zero attached hydrogens (tertiary/aromatic N) is 2. The van der Waals surface area contributed by atoms with Crippen molar-refractivity contribution in [3.63, 3.8) is 0 Å². The molecule has 1 aromatic carbocycles. The molecule has 2 fully saturated rings. The monoisotopic (exact) mass is 459 g/mol. The topological polar surface area (TPSA) is 76.0 Å². The van der Waals surface area contributed by atoms with Gasteiger partial charge in [0.25, 0.3) is 5.91 Å². The van der Waals surface area contributed by atoms with Gasteiger partial charge in [0.2, 0.25) is 0 Å². The fraction of sp³-hybridized carbons (Fsp3) is 0.560. The minimum atomic E-state index is -0.983. The van der Waals surface area contributed by atoms with Gasteiger partial charge in [-0.2, -0.15) is 0 Å². The fourth-order valence-corrected chi connectivity index (χ4v) is 5.09. The molecule has 3 unspecified atom stereocenters. The van der Waals surface area contributed by atoms with Gasteiger partial charge >= 0.3 is 0 Å². The van der Waals surface area contributed by atoms with E-state index in [4.69, 9.17) is 11.6 Å². The Morgan fingerprint density at radius 3 is 2.56 bits per heavy atom. The summed E-state index contributed by atoms with van der Waals surface area (Å²) in [6, 6.07) is 8.46. The second kappa shape index (κ2) is 10.8. The van der Waals surface area contributed by atoms with Crippen molar-refractivity contribution in [3.05, 3.63) is 58.9 Å². The standard InChI is InChI=1S/C25H34ClN3O3/c26-21-15-20(23(30)16-24(21)31)25(32)29-13-4-5-22(29)19-8-6-18(7-9-19)17-27-10-14-28-11-2-1-3-12-28/h6-9,15-16,21-22,24,27,30-31H,1-5,10-14,17H2. The molecule has 1 aliphatic carbocycles. The quantitative estimate of drug-likeness (QED) is 0.431. The molecule has 32 heavy (non-hydrogen) atoms. The molecule has 1 aromatic rings. The van der Waals surface area contributed by atoms with E-state index in [0.717, 1.165) is 38.0 Å². The Balaban J connectivity index is 1.32. The average Bonchev–Trinajstić information content (AvgIpc) is 3.30. The number of halogens is 1. The smallest absolute Gasteiger partial charge is 0.257 e. The molecule has 6 nitrogen and oxygen atoms in total. The Kier molecular flexibility index (Phi) is 7.89. The first-order valence-corrected chi connectivity index (χ1v) is 12.2. The molecule has 3 atom stereocenters. The molecule has 4 rings (SSSR count). The van der Waals surface area contributed by atoms with Crippen LogP contribution in [0, 0.1) is 0 Å². The molecule has 0 saturated carbocycles. The first-order valence-electron chi connectivity index (χ1n) is 11.8. The molecule has 7 heteroatoms. The van der Waals surface area contributed by atoms with Gasteiger partial charge in [-0.05, 0) is 62.1 Å². The van der Waals surface area contributed by atoms with E-state index in [1.165, 1.54) is 50.1 Å². The van der Waals surface area contributed by atoms with Crippen LogP contribution >= 0.6 is 11.6 Å². The van der Waals surface area contributed by atoms with Crippen LogP contribution in [0.15, 0.2) is 47.7 Å². The number of aliphatic hydroxyl groups excluding tert-OH is 2. The number of nitrogens with one attached hydrogen (secondary N) is 1. The number of carbonyl (C=O) groups is 1. The number of alkyl halides is 1. The van der Waals surface area contributed by atoms with Gasteiger partial charge in [0, 0.05) is 26.2 Å². The Morgan fingerprint density at radius 2 is 1.81 bits per heavy atom. The summed E-state index contributed by atoms with van der Waals surface area (Å²) in [5.74, 6) is -0.432. The van der Waals surface area contributed by atoms with Crippen molar-refractivity contribution < 1.29 is 15.0 Å². The highest BCUT2D eigenvalue weighted by atomic mass is 35.5. The normalized spacial score (nSPS) is 26.7. The zero-order valence-electron chi connectivity index (χ0n) is 18.5. The summed E-state index contributed by atoms with van der Waals surface area (Å²) in [5.41, 5.74) is 2.52. The molecule has 0 bridgehead atoms. The molecular formula is C25H34ClN3O3. The van der Waals surface area contributed by atoms with Crippen LogP contribution in [0.5, 0.6) is 0 Å². The van der Waals surface area contributed by atoms with Crippen molar-refractivity contribution >= 4 is 17.5 Å². The zero-order valence-corrected chi connectivity index (χ0v) is 19.3. The lowest BCUT2D eigenvalue weighted by Crippen LogP contribution is -2.35. The summed E-state index contributed by atoms with van der Waals surface area (Å²) in [7, 11) is 0. The van der Waals surface area contributed by atoms with Crippen LogP contribution < -0.4 is 5.32 Å². The van der Waals surface area contributed by atoms with E-state index in [-0.39, 0.29) is 23.3 Å². The Labute approximate surface area is 195 Å². The lowest BCUT2D eigenvalue weighted by molar-refractivity contribution is -0.128. The average molecular weight is 460 g/mol. The summed E-state index contributed by atoms with van der Waals surface area (Å²) < 4.78 is 0. The van der Waals surface area contributed by atoms with Gasteiger partial charge in [0.05, 0.1) is 23.1 Å². The van der Waals surface area contributed by atoms with Crippen molar-refractivity contribution in [1.82, 2.24) is 15.1 Å². The summed E-state index contributed by atoms with van der Waals surface area (Å²) >= 11 is 6.08. The van der Waals surface area contributed by atoms with E-state index in [0.29, 0.717) is 6.54 Å². The maximum atomic E-state index is 13.1. The van der Waals surface area contributed by atoms with Gasteiger partial charge in [-0.1, -0.05) is 30.7 Å². The SMILES string of the molecule is O=C(C1=CC(Cl)C(O)C=C1O)N1CCCC1c1ccc(CNCCN2CCCCC2)cc1. The largest absolute Gasteiger partial charge is 0.507 e. The van der Waals surface area contributed by atoms with Crippen LogP contribution in [-0.4, -0.2) is 70.1 Å². The molecule has 0 radical (unpaired) electrons. The summed E-state index contributed by atoms with van der Waals surface area (Å²) in [4.78, 5) is 17.5. The number of aliphatic hydroxyl groups is 2. The van der Waals surface area contributed by atoms with Crippen LogP contribution in [0.1, 0.15) is 49.3 Å². The molecule has 0 spiro atoms. The van der Waals surface area contributed by atoms with Gasteiger partial charge in [0.1, 0.15) is 5.76 Å². The maximum Gasteiger partial charge on any atom is 0.257 e. The second-order valence-electron chi connectivity index (χ2n) is 9.04. The molecular weight excluding hydrogens is 426 g/mol. The maximum absolute atomic E-state index is 13.1. The first-order chi connectivity index (χ1) is 15.5. The highest BCUT2D eigenvalue weighted by Crippen LogP contribution is 2.35. The zero-order chi connectivity index (χ0) is 22.5. The summed E-state index contributed by atoms with van der Waals surface area (Å²) in [5, 5.41) is 22.8. The van der Waals surface area contributed by atoms with Gasteiger partial charge in [-0.25, -0.2) is 0 Å². The van der Waals surface area contributed by atoms with Crippen molar-refractivity contribution in [2.75, 3.05) is 32.7 Å². The summed E-state index contributed by atoms with van der Waals surface area (Å²) in [6.07, 6.45) is 7.54. The third-order valence-electron chi connectivity index (χ3n) is 6.75. The third kappa shape index (κ3) is 5.54. The Hall–Kier alpha value is -1.86. The van der Waals surface area contributed by atoms with Crippen LogP contribution in [-0.2, 0) is 11.3 Å². The van der Waals surface area contributed by atoms with Crippen molar-refractivity contribution in [2.45, 2.75) is 56.2 Å². The van der Waals surface area contributed by atoms with Crippen LogP contribution in [0.4, 0.5) is 0 Å². The predicted octanol–water partition coefficient (Wildman–Crippen LogP) is 3.28. The van der Waals surface area contributed by atoms with E-state index in [1.54, 1.807) is 0 Å². The molecule has 2 aliphatic heterocycles. The number of amides is 1. The number of likely N-dealkylation sites (tertiary alicyclic amines) is 2. The van der Waals surface area contributed by atoms with Crippen LogP contribution in [0.3, 0.4) is 0 Å². The number of piperidine rings is 1. The van der Waals surface area contributed by atoms with Crippen molar-refractivity contribution in [2.24, 2.45) is 0 Å². The highest BCUT2D eigenvalue weighted by Gasteiger charge is 2.34.